The van der Waals surface area contributed by atoms with Crippen LogP contribution in [-0.4, -0.2) is 43.1 Å². The Morgan fingerprint density at radius 1 is 1.60 bits per heavy atom. The van der Waals surface area contributed by atoms with E-state index in [0.717, 1.165) is 0 Å². The second-order valence-electron chi connectivity index (χ2n) is 4.33. The van der Waals surface area contributed by atoms with Crippen molar-refractivity contribution in [3.05, 3.63) is 23.8 Å². The Labute approximate surface area is 114 Å². The molecule has 1 heterocycles. The van der Waals surface area contributed by atoms with E-state index in [1.165, 1.54) is 24.0 Å². The SMILES string of the molecule is CC(CF)Oc1ccc(N2CCOC2=O)cc1C(=O)O. The molecule has 0 bridgehead atoms. The van der Waals surface area contributed by atoms with Crippen molar-refractivity contribution in [3.63, 3.8) is 0 Å². The predicted octanol–water partition coefficient (Wildman–Crippen LogP) is 2.08. The van der Waals surface area contributed by atoms with Crippen molar-refractivity contribution in [2.75, 3.05) is 24.7 Å². The van der Waals surface area contributed by atoms with Crippen LogP contribution in [0.1, 0.15) is 17.3 Å². The van der Waals surface area contributed by atoms with Gasteiger partial charge in [-0.3, -0.25) is 4.90 Å². The number of hydrogen-bond donors (Lipinski definition) is 1. The Morgan fingerprint density at radius 2 is 2.35 bits per heavy atom. The molecule has 1 fully saturated rings. The lowest BCUT2D eigenvalue weighted by Gasteiger charge is -2.17. The Bertz CT molecular complexity index is 533. The highest BCUT2D eigenvalue weighted by Crippen LogP contribution is 2.27. The van der Waals surface area contributed by atoms with Crippen LogP contribution in [0.2, 0.25) is 0 Å². The summed E-state index contributed by atoms with van der Waals surface area (Å²) in [6.07, 6.45) is -1.26. The fraction of sp³-hybridized carbons (Fsp3) is 0.385. The molecule has 6 nitrogen and oxygen atoms in total. The van der Waals surface area contributed by atoms with Crippen LogP contribution in [0.5, 0.6) is 5.75 Å². The zero-order chi connectivity index (χ0) is 14.7. The average molecular weight is 283 g/mol. The van der Waals surface area contributed by atoms with Gasteiger partial charge in [0.1, 0.15) is 30.7 Å². The van der Waals surface area contributed by atoms with Crippen molar-refractivity contribution in [2.45, 2.75) is 13.0 Å². The first-order valence-electron chi connectivity index (χ1n) is 6.07. The first kappa shape index (κ1) is 14.1. The number of rotatable bonds is 5. The summed E-state index contributed by atoms with van der Waals surface area (Å²) in [5, 5.41) is 9.18. The van der Waals surface area contributed by atoms with Crippen molar-refractivity contribution < 1.29 is 28.6 Å². The third-order valence-corrected chi connectivity index (χ3v) is 2.81. The van der Waals surface area contributed by atoms with Gasteiger partial charge >= 0.3 is 12.1 Å². The number of alkyl halides is 1. The van der Waals surface area contributed by atoms with Gasteiger partial charge in [-0.1, -0.05) is 0 Å². The standard InChI is InChI=1S/C13H14FNO5/c1-8(7-14)20-11-3-2-9(6-10(11)12(16)17)15-4-5-19-13(15)18/h2-3,6,8H,4-5,7H2,1H3,(H,16,17). The van der Waals surface area contributed by atoms with Crippen molar-refractivity contribution in [3.8, 4) is 5.75 Å². The van der Waals surface area contributed by atoms with Crippen LogP contribution < -0.4 is 9.64 Å². The van der Waals surface area contributed by atoms with Crippen LogP contribution in [0, 0.1) is 0 Å². The molecule has 1 amide bonds. The number of benzene rings is 1. The third-order valence-electron chi connectivity index (χ3n) is 2.81. The number of halogens is 1. The Kier molecular flexibility index (Phi) is 4.07. The number of amides is 1. The lowest BCUT2D eigenvalue weighted by molar-refractivity contribution is 0.0688. The van der Waals surface area contributed by atoms with Crippen molar-refractivity contribution in [2.24, 2.45) is 0 Å². The number of carbonyl (C=O) groups excluding carboxylic acids is 1. The van der Waals surface area contributed by atoms with Gasteiger partial charge < -0.3 is 14.6 Å². The molecule has 0 radical (unpaired) electrons. The van der Waals surface area contributed by atoms with Gasteiger partial charge in [-0.2, -0.15) is 0 Å². The smallest absolute Gasteiger partial charge is 0.414 e. The molecule has 0 aliphatic carbocycles. The summed E-state index contributed by atoms with van der Waals surface area (Å²) in [6, 6.07) is 4.27. The zero-order valence-electron chi connectivity index (χ0n) is 10.8. The van der Waals surface area contributed by atoms with Crippen LogP contribution >= 0.6 is 0 Å². The van der Waals surface area contributed by atoms with E-state index < -0.39 is 24.8 Å². The molecular weight excluding hydrogens is 269 g/mol. The van der Waals surface area contributed by atoms with E-state index in [2.05, 4.69) is 0 Å². The molecule has 1 N–H and O–H groups in total. The number of carbonyl (C=O) groups is 2. The van der Waals surface area contributed by atoms with Crippen molar-refractivity contribution in [1.29, 1.82) is 0 Å². The highest BCUT2D eigenvalue weighted by molar-refractivity contribution is 5.95. The third kappa shape index (κ3) is 2.81. The fourth-order valence-corrected chi connectivity index (χ4v) is 1.83. The molecule has 20 heavy (non-hydrogen) atoms. The normalized spacial score (nSPS) is 15.9. The van der Waals surface area contributed by atoms with Crippen LogP contribution in [-0.2, 0) is 4.74 Å². The summed E-state index contributed by atoms with van der Waals surface area (Å²) in [5.41, 5.74) is 0.285. The molecule has 1 aromatic carbocycles. The van der Waals surface area contributed by atoms with E-state index in [-0.39, 0.29) is 17.9 Å². The molecule has 1 unspecified atom stereocenters. The maximum Gasteiger partial charge on any atom is 0.414 e. The summed E-state index contributed by atoms with van der Waals surface area (Å²) in [7, 11) is 0. The second-order valence-corrected chi connectivity index (χ2v) is 4.33. The molecule has 108 valence electrons. The molecule has 0 aromatic heterocycles. The Morgan fingerprint density at radius 3 is 2.90 bits per heavy atom. The molecule has 1 saturated heterocycles. The van der Waals surface area contributed by atoms with Gasteiger partial charge in [-0.05, 0) is 25.1 Å². The molecule has 7 heteroatoms. The van der Waals surface area contributed by atoms with E-state index in [4.69, 9.17) is 9.47 Å². The monoisotopic (exact) mass is 283 g/mol. The minimum atomic E-state index is -1.21. The van der Waals surface area contributed by atoms with Gasteiger partial charge in [-0.15, -0.1) is 0 Å². The minimum Gasteiger partial charge on any atom is -0.487 e. The van der Waals surface area contributed by atoms with Gasteiger partial charge in [-0.25, -0.2) is 14.0 Å². The van der Waals surface area contributed by atoms with E-state index >= 15 is 0 Å². The highest BCUT2D eigenvalue weighted by Gasteiger charge is 2.25. The lowest BCUT2D eigenvalue weighted by atomic mass is 10.1. The average Bonchev–Trinajstić information content (AvgIpc) is 2.85. The lowest BCUT2D eigenvalue weighted by Crippen LogP contribution is -2.24. The van der Waals surface area contributed by atoms with E-state index in [0.29, 0.717) is 12.2 Å². The summed E-state index contributed by atoms with van der Waals surface area (Å²) in [4.78, 5) is 24.0. The largest absolute Gasteiger partial charge is 0.487 e. The van der Waals surface area contributed by atoms with Crippen molar-refractivity contribution >= 4 is 17.7 Å². The first-order valence-corrected chi connectivity index (χ1v) is 6.07. The first-order chi connectivity index (χ1) is 9.52. The second kappa shape index (κ2) is 5.77. The number of hydrogen-bond acceptors (Lipinski definition) is 4. The van der Waals surface area contributed by atoms with Gasteiger partial charge in [0.05, 0.1) is 6.54 Å². The topological polar surface area (TPSA) is 76.1 Å². The number of nitrogens with zero attached hydrogens (tertiary/aromatic N) is 1. The molecule has 1 aliphatic heterocycles. The number of cyclic esters (lactones) is 1. The summed E-state index contributed by atoms with van der Waals surface area (Å²) < 4.78 is 22.4. The molecule has 1 atom stereocenters. The summed E-state index contributed by atoms with van der Waals surface area (Å²) in [6.45, 7) is 1.40. The molecule has 2 rings (SSSR count). The zero-order valence-corrected chi connectivity index (χ0v) is 10.8. The number of carboxylic acids is 1. The molecule has 1 aliphatic rings. The number of anilines is 1. The van der Waals surface area contributed by atoms with Crippen LogP contribution in [0.4, 0.5) is 14.9 Å². The number of carboxylic acid groups (broad SMARTS) is 1. The molecule has 0 saturated carbocycles. The Hall–Kier alpha value is -2.31. The van der Waals surface area contributed by atoms with Gasteiger partial charge in [0.25, 0.3) is 0 Å². The van der Waals surface area contributed by atoms with Gasteiger partial charge in [0.15, 0.2) is 0 Å². The van der Waals surface area contributed by atoms with Gasteiger partial charge in [0.2, 0.25) is 0 Å². The van der Waals surface area contributed by atoms with E-state index in [9.17, 15) is 19.1 Å². The summed E-state index contributed by atoms with van der Waals surface area (Å²) in [5.74, 6) is -1.14. The molecule has 0 spiro atoms. The minimum absolute atomic E-state index is 0.0685. The number of aromatic carboxylic acids is 1. The van der Waals surface area contributed by atoms with Crippen LogP contribution in [0.25, 0.3) is 0 Å². The molecule has 1 aromatic rings. The maximum atomic E-state index is 12.4. The molecular formula is C13H14FNO5. The summed E-state index contributed by atoms with van der Waals surface area (Å²) >= 11 is 0. The quantitative estimate of drug-likeness (QED) is 0.895. The fourth-order valence-electron chi connectivity index (χ4n) is 1.83. The maximum absolute atomic E-state index is 12.4. The Balaban J connectivity index is 2.32. The van der Waals surface area contributed by atoms with E-state index in [1.54, 1.807) is 6.07 Å². The number of ether oxygens (including phenoxy) is 2. The highest BCUT2D eigenvalue weighted by atomic mass is 19.1. The van der Waals surface area contributed by atoms with Crippen LogP contribution in [0.15, 0.2) is 18.2 Å². The van der Waals surface area contributed by atoms with Crippen LogP contribution in [0.3, 0.4) is 0 Å². The predicted molar refractivity (Wildman–Crippen MR) is 68.2 cm³/mol. The van der Waals surface area contributed by atoms with Crippen molar-refractivity contribution in [1.82, 2.24) is 0 Å². The van der Waals surface area contributed by atoms with E-state index in [1.807, 2.05) is 0 Å². The van der Waals surface area contributed by atoms with Gasteiger partial charge in [0, 0.05) is 5.69 Å².